The fraction of sp³-hybridized carbons (Fsp3) is 0.118. The third-order valence-corrected chi connectivity index (χ3v) is 4.59. The number of thioether (sulfide) groups is 1. The van der Waals surface area contributed by atoms with Crippen molar-refractivity contribution in [1.29, 1.82) is 0 Å². The maximum atomic E-state index is 12.5. The molecule has 1 fully saturated rings. The predicted octanol–water partition coefficient (Wildman–Crippen LogP) is 1.80. The van der Waals surface area contributed by atoms with E-state index in [4.69, 9.17) is 18.0 Å². The normalized spacial score (nSPS) is 16.2. The van der Waals surface area contributed by atoms with Crippen molar-refractivity contribution in [2.45, 2.75) is 13.8 Å². The number of hydrogen-bond acceptors (Lipinski definition) is 6. The van der Waals surface area contributed by atoms with Crippen LogP contribution in [0, 0.1) is 0 Å². The Kier molecular flexibility index (Phi) is 6.06. The van der Waals surface area contributed by atoms with Gasteiger partial charge in [-0.1, -0.05) is 36.1 Å². The molecule has 3 N–H and O–H groups in total. The molecule has 134 valence electrons. The quantitative estimate of drug-likeness (QED) is 0.344. The van der Waals surface area contributed by atoms with Gasteiger partial charge in [-0.15, -0.1) is 0 Å². The highest BCUT2D eigenvalue weighted by molar-refractivity contribution is 8.26. The molecule has 0 aliphatic carbocycles. The average Bonchev–Trinajstić information content (AvgIpc) is 2.80. The Morgan fingerprint density at radius 1 is 1.19 bits per heavy atom. The molecule has 1 aliphatic rings. The van der Waals surface area contributed by atoms with Gasteiger partial charge >= 0.3 is 0 Å². The second kappa shape index (κ2) is 8.07. The molecule has 2 rings (SSSR count). The van der Waals surface area contributed by atoms with E-state index in [9.17, 15) is 19.2 Å². The van der Waals surface area contributed by atoms with Gasteiger partial charge in [-0.2, -0.15) is 0 Å². The van der Waals surface area contributed by atoms with E-state index >= 15 is 0 Å². The van der Waals surface area contributed by atoms with Gasteiger partial charge in [0.15, 0.2) is 10.1 Å². The highest BCUT2D eigenvalue weighted by Gasteiger charge is 2.32. The predicted molar refractivity (Wildman–Crippen MR) is 104 cm³/mol. The van der Waals surface area contributed by atoms with Gasteiger partial charge in [0, 0.05) is 18.8 Å². The number of benzene rings is 1. The fourth-order valence-corrected chi connectivity index (χ4v) is 3.27. The number of carbonyl (C=O) groups is 4. The van der Waals surface area contributed by atoms with Crippen molar-refractivity contribution in [3.8, 4) is 0 Å². The van der Waals surface area contributed by atoms with Gasteiger partial charge in [0.05, 0.1) is 10.5 Å². The number of anilines is 1. The maximum absolute atomic E-state index is 12.5. The maximum Gasteiger partial charge on any atom is 0.270 e. The summed E-state index contributed by atoms with van der Waals surface area (Å²) in [7, 11) is 0. The molecule has 1 saturated heterocycles. The van der Waals surface area contributed by atoms with Crippen molar-refractivity contribution in [3.05, 3.63) is 46.5 Å². The second-order valence-corrected chi connectivity index (χ2v) is 6.99. The van der Waals surface area contributed by atoms with Gasteiger partial charge in [-0.05, 0) is 30.7 Å². The fourth-order valence-electron chi connectivity index (χ4n) is 2.07. The van der Waals surface area contributed by atoms with Crippen LogP contribution in [-0.2, 0) is 19.2 Å². The number of rotatable bonds is 5. The molecule has 1 heterocycles. The summed E-state index contributed by atoms with van der Waals surface area (Å²) in [5, 5.41) is 2.65. The number of carbonyl (C=O) groups excluding carboxylic acids is 4. The van der Waals surface area contributed by atoms with E-state index in [0.717, 1.165) is 28.4 Å². The molecule has 7 nitrogen and oxygen atoms in total. The van der Waals surface area contributed by atoms with Crippen LogP contribution in [0.15, 0.2) is 40.9 Å². The van der Waals surface area contributed by atoms with Crippen LogP contribution in [0.2, 0.25) is 0 Å². The minimum Gasteiger partial charge on any atom is -0.365 e. The number of Topliss-reactive ketones (excluding diaryl/α,β-unsaturated/α-hetero) is 1. The number of amides is 3. The Morgan fingerprint density at radius 3 is 2.31 bits per heavy atom. The SMILES string of the molecule is CC(=O)Nc1ccc(/C=C2/SC(=S)N(/C=C(/C(C)=O)C(N)=O)C2=O)cc1. The Bertz CT molecular complexity index is 856. The first-order valence-electron chi connectivity index (χ1n) is 7.36. The van der Waals surface area contributed by atoms with Crippen LogP contribution in [0.25, 0.3) is 6.08 Å². The lowest BCUT2D eigenvalue weighted by Crippen LogP contribution is -2.27. The number of hydrogen-bond donors (Lipinski definition) is 2. The first kappa shape index (κ1) is 19.5. The first-order valence-corrected chi connectivity index (χ1v) is 8.59. The van der Waals surface area contributed by atoms with Crippen LogP contribution in [0.4, 0.5) is 5.69 Å². The standard InChI is InChI=1S/C17H15N3O4S2/c1-9(21)13(15(18)23)8-20-16(24)14(26-17(20)25)7-11-3-5-12(6-4-11)19-10(2)22/h3-8H,1-2H3,(H2,18,23)(H,19,22)/b13-8-,14-7+. The zero-order valence-electron chi connectivity index (χ0n) is 13.9. The Labute approximate surface area is 159 Å². The van der Waals surface area contributed by atoms with Crippen molar-refractivity contribution < 1.29 is 19.2 Å². The number of nitrogens with two attached hydrogens (primary N) is 1. The molecule has 1 aromatic carbocycles. The summed E-state index contributed by atoms with van der Waals surface area (Å²) in [6.07, 6.45) is 2.70. The number of ketones is 1. The molecule has 9 heteroatoms. The summed E-state index contributed by atoms with van der Waals surface area (Å²) in [5.74, 6) is -2.11. The summed E-state index contributed by atoms with van der Waals surface area (Å²) < 4.78 is 0.191. The van der Waals surface area contributed by atoms with Crippen molar-refractivity contribution in [1.82, 2.24) is 4.90 Å². The van der Waals surface area contributed by atoms with Crippen molar-refractivity contribution in [3.63, 3.8) is 0 Å². The van der Waals surface area contributed by atoms with Gasteiger partial charge < -0.3 is 11.1 Å². The molecule has 0 aromatic heterocycles. The van der Waals surface area contributed by atoms with Gasteiger partial charge in [0.2, 0.25) is 5.91 Å². The van der Waals surface area contributed by atoms with E-state index in [-0.39, 0.29) is 15.8 Å². The number of thiocarbonyl (C=S) groups is 1. The molecule has 1 aliphatic heterocycles. The summed E-state index contributed by atoms with van der Waals surface area (Å²) >= 11 is 6.19. The largest absolute Gasteiger partial charge is 0.365 e. The van der Waals surface area contributed by atoms with Crippen LogP contribution in [0.5, 0.6) is 0 Å². The summed E-state index contributed by atoms with van der Waals surface area (Å²) in [5.41, 5.74) is 6.21. The van der Waals surface area contributed by atoms with Crippen molar-refractivity contribution >= 4 is 63.6 Å². The molecule has 0 unspecified atom stereocenters. The molecule has 3 amide bonds. The Morgan fingerprint density at radius 2 is 1.81 bits per heavy atom. The molecular formula is C17H15N3O4S2. The Hall–Kier alpha value is -2.78. The molecular weight excluding hydrogens is 374 g/mol. The number of nitrogens with zero attached hydrogens (tertiary/aromatic N) is 1. The average molecular weight is 389 g/mol. The monoisotopic (exact) mass is 389 g/mol. The molecule has 0 spiro atoms. The first-order chi connectivity index (χ1) is 12.2. The third-order valence-electron chi connectivity index (χ3n) is 3.26. The van der Waals surface area contributed by atoms with Gasteiger partial charge in [0.25, 0.3) is 11.8 Å². The molecule has 1 aromatic rings. The Balaban J connectivity index is 2.26. The van der Waals surface area contributed by atoms with Gasteiger partial charge in [0.1, 0.15) is 0 Å². The van der Waals surface area contributed by atoms with E-state index in [1.54, 1.807) is 30.3 Å². The molecule has 0 bridgehead atoms. The molecule has 0 atom stereocenters. The lowest BCUT2D eigenvalue weighted by Gasteiger charge is -2.09. The van der Waals surface area contributed by atoms with Crippen LogP contribution in [0.1, 0.15) is 19.4 Å². The van der Waals surface area contributed by atoms with Gasteiger partial charge in [-0.25, -0.2) is 0 Å². The lowest BCUT2D eigenvalue weighted by molar-refractivity contribution is -0.120. The summed E-state index contributed by atoms with van der Waals surface area (Å²) in [6.45, 7) is 2.59. The zero-order chi connectivity index (χ0) is 19.4. The summed E-state index contributed by atoms with van der Waals surface area (Å²) in [4.78, 5) is 47.7. The number of nitrogens with one attached hydrogen (secondary N) is 1. The minimum absolute atomic E-state index is 0.180. The van der Waals surface area contributed by atoms with Crippen LogP contribution in [-0.4, -0.2) is 32.7 Å². The molecule has 0 saturated carbocycles. The lowest BCUT2D eigenvalue weighted by atomic mass is 10.2. The van der Waals surface area contributed by atoms with E-state index < -0.39 is 17.6 Å². The third kappa shape index (κ3) is 4.64. The topological polar surface area (TPSA) is 110 Å². The van der Waals surface area contributed by atoms with E-state index in [1.807, 2.05) is 0 Å². The van der Waals surface area contributed by atoms with Crippen molar-refractivity contribution in [2.75, 3.05) is 5.32 Å². The molecule has 26 heavy (non-hydrogen) atoms. The zero-order valence-corrected chi connectivity index (χ0v) is 15.6. The van der Waals surface area contributed by atoms with E-state index in [2.05, 4.69) is 5.32 Å². The summed E-state index contributed by atoms with van der Waals surface area (Å²) in [6, 6.07) is 6.87. The van der Waals surface area contributed by atoms with Gasteiger partial charge in [-0.3, -0.25) is 24.1 Å². The highest BCUT2D eigenvalue weighted by Crippen LogP contribution is 2.33. The van der Waals surface area contributed by atoms with E-state index in [1.165, 1.54) is 13.8 Å². The van der Waals surface area contributed by atoms with Crippen molar-refractivity contribution in [2.24, 2.45) is 5.73 Å². The van der Waals surface area contributed by atoms with Crippen LogP contribution in [0.3, 0.4) is 0 Å². The van der Waals surface area contributed by atoms with Crippen LogP contribution >= 0.6 is 24.0 Å². The van der Waals surface area contributed by atoms with E-state index in [0.29, 0.717) is 10.6 Å². The molecule has 0 radical (unpaired) electrons. The minimum atomic E-state index is -0.927. The number of primary amides is 1. The highest BCUT2D eigenvalue weighted by atomic mass is 32.2. The smallest absolute Gasteiger partial charge is 0.270 e. The second-order valence-electron chi connectivity index (χ2n) is 5.32. The van der Waals surface area contributed by atoms with Crippen LogP contribution < -0.4 is 11.1 Å².